The highest BCUT2D eigenvalue weighted by atomic mass is 16.2. The molecular weight excluding hydrogens is 246 g/mol. The van der Waals surface area contributed by atoms with Crippen molar-refractivity contribution in [2.45, 2.75) is 19.8 Å². The van der Waals surface area contributed by atoms with Crippen LogP contribution in [0.1, 0.15) is 30.1 Å². The van der Waals surface area contributed by atoms with Crippen LogP contribution in [-0.2, 0) is 9.59 Å². The third-order valence-corrected chi connectivity index (χ3v) is 2.71. The second-order valence-electron chi connectivity index (χ2n) is 4.48. The van der Waals surface area contributed by atoms with Gasteiger partial charge in [0.25, 0.3) is 5.91 Å². The average Bonchev–Trinajstić information content (AvgIpc) is 3.21. The van der Waals surface area contributed by atoms with Crippen molar-refractivity contribution in [3.8, 4) is 0 Å². The fraction of sp³-hybridized carbons (Fsp3) is 0.308. The molecule has 1 fully saturated rings. The lowest BCUT2D eigenvalue weighted by molar-refractivity contribution is -0.119. The normalized spacial score (nSPS) is 13.5. The SMILES string of the molecule is CC(=O)NNC(=O)c1ccc(NC(=O)C2CC2)cc1. The Bertz CT molecular complexity index is 506. The summed E-state index contributed by atoms with van der Waals surface area (Å²) in [5.74, 6) is -0.588. The molecule has 0 atom stereocenters. The molecule has 0 saturated heterocycles. The van der Waals surface area contributed by atoms with E-state index in [0.717, 1.165) is 12.8 Å². The molecule has 0 bridgehead atoms. The predicted molar refractivity (Wildman–Crippen MR) is 69.1 cm³/mol. The number of hydrogen-bond donors (Lipinski definition) is 3. The standard InChI is InChI=1S/C13H15N3O3/c1-8(17)15-16-13(19)10-4-6-11(7-5-10)14-12(18)9-2-3-9/h4-7,9H,2-3H2,1H3,(H,14,18)(H,15,17)(H,16,19). The van der Waals surface area contributed by atoms with Gasteiger partial charge >= 0.3 is 0 Å². The molecule has 0 radical (unpaired) electrons. The maximum Gasteiger partial charge on any atom is 0.269 e. The van der Waals surface area contributed by atoms with Crippen molar-refractivity contribution < 1.29 is 14.4 Å². The van der Waals surface area contributed by atoms with Crippen LogP contribution >= 0.6 is 0 Å². The van der Waals surface area contributed by atoms with E-state index in [2.05, 4.69) is 16.2 Å². The molecular formula is C13H15N3O3. The van der Waals surface area contributed by atoms with Gasteiger partial charge in [0.15, 0.2) is 0 Å². The number of nitrogens with one attached hydrogen (secondary N) is 3. The van der Waals surface area contributed by atoms with Crippen molar-refractivity contribution in [1.82, 2.24) is 10.9 Å². The van der Waals surface area contributed by atoms with Gasteiger partial charge in [-0.3, -0.25) is 25.2 Å². The van der Waals surface area contributed by atoms with Gasteiger partial charge in [-0.25, -0.2) is 0 Å². The number of hydrogen-bond acceptors (Lipinski definition) is 3. The van der Waals surface area contributed by atoms with Crippen LogP contribution in [-0.4, -0.2) is 17.7 Å². The van der Waals surface area contributed by atoms with Crippen molar-refractivity contribution >= 4 is 23.4 Å². The van der Waals surface area contributed by atoms with Crippen LogP contribution in [0.15, 0.2) is 24.3 Å². The largest absolute Gasteiger partial charge is 0.326 e. The summed E-state index contributed by atoms with van der Waals surface area (Å²) in [4.78, 5) is 33.8. The Labute approximate surface area is 110 Å². The van der Waals surface area contributed by atoms with Gasteiger partial charge in [-0.05, 0) is 37.1 Å². The van der Waals surface area contributed by atoms with Gasteiger partial charge in [0.1, 0.15) is 0 Å². The number of anilines is 1. The summed E-state index contributed by atoms with van der Waals surface area (Å²) in [6, 6.07) is 6.48. The Balaban J connectivity index is 1.91. The van der Waals surface area contributed by atoms with Gasteiger partial charge in [0, 0.05) is 24.1 Å². The highest BCUT2D eigenvalue weighted by Gasteiger charge is 2.29. The number of carbonyl (C=O) groups is 3. The number of benzene rings is 1. The fourth-order valence-electron chi connectivity index (χ4n) is 1.51. The second-order valence-corrected chi connectivity index (χ2v) is 4.48. The Morgan fingerprint density at radius 2 is 1.68 bits per heavy atom. The molecule has 0 aliphatic heterocycles. The van der Waals surface area contributed by atoms with Crippen LogP contribution in [0.3, 0.4) is 0 Å². The third-order valence-electron chi connectivity index (χ3n) is 2.71. The molecule has 3 amide bonds. The zero-order valence-electron chi connectivity index (χ0n) is 10.5. The van der Waals surface area contributed by atoms with E-state index in [1.54, 1.807) is 24.3 Å². The fourth-order valence-corrected chi connectivity index (χ4v) is 1.51. The van der Waals surface area contributed by atoms with E-state index in [1.807, 2.05) is 0 Å². The summed E-state index contributed by atoms with van der Waals surface area (Å²) in [6.45, 7) is 1.30. The summed E-state index contributed by atoms with van der Waals surface area (Å²) in [7, 11) is 0. The molecule has 1 aliphatic carbocycles. The first-order valence-corrected chi connectivity index (χ1v) is 6.04. The van der Waals surface area contributed by atoms with Crippen molar-refractivity contribution in [2.75, 3.05) is 5.32 Å². The smallest absolute Gasteiger partial charge is 0.269 e. The van der Waals surface area contributed by atoms with Crippen molar-refractivity contribution in [3.05, 3.63) is 29.8 Å². The zero-order valence-corrected chi connectivity index (χ0v) is 10.5. The zero-order chi connectivity index (χ0) is 13.8. The van der Waals surface area contributed by atoms with E-state index in [0.29, 0.717) is 11.3 Å². The van der Waals surface area contributed by atoms with Crippen molar-refractivity contribution in [1.29, 1.82) is 0 Å². The third kappa shape index (κ3) is 3.80. The van der Waals surface area contributed by atoms with Gasteiger partial charge < -0.3 is 5.32 Å². The topological polar surface area (TPSA) is 87.3 Å². The lowest BCUT2D eigenvalue weighted by atomic mass is 10.2. The summed E-state index contributed by atoms with van der Waals surface area (Å²) >= 11 is 0. The van der Waals surface area contributed by atoms with E-state index >= 15 is 0 Å². The molecule has 1 saturated carbocycles. The predicted octanol–water partition coefficient (Wildman–Crippen LogP) is 0.816. The lowest BCUT2D eigenvalue weighted by Crippen LogP contribution is -2.40. The van der Waals surface area contributed by atoms with E-state index in [1.165, 1.54) is 6.92 Å². The molecule has 3 N–H and O–H groups in total. The first kappa shape index (κ1) is 13.1. The Morgan fingerprint density at radius 3 is 2.21 bits per heavy atom. The highest BCUT2D eigenvalue weighted by Crippen LogP contribution is 2.30. The van der Waals surface area contributed by atoms with E-state index in [9.17, 15) is 14.4 Å². The molecule has 0 spiro atoms. The minimum Gasteiger partial charge on any atom is -0.326 e. The van der Waals surface area contributed by atoms with E-state index < -0.39 is 5.91 Å². The Hall–Kier alpha value is -2.37. The second kappa shape index (κ2) is 5.51. The molecule has 0 aromatic heterocycles. The number of carbonyl (C=O) groups excluding carboxylic acids is 3. The number of hydrazine groups is 1. The van der Waals surface area contributed by atoms with Crippen molar-refractivity contribution in [2.24, 2.45) is 5.92 Å². The van der Waals surface area contributed by atoms with Crippen LogP contribution in [0.25, 0.3) is 0 Å². The van der Waals surface area contributed by atoms with Gasteiger partial charge in [0.05, 0.1) is 0 Å². The molecule has 19 heavy (non-hydrogen) atoms. The van der Waals surface area contributed by atoms with Gasteiger partial charge in [0.2, 0.25) is 11.8 Å². The minimum absolute atomic E-state index is 0.0236. The van der Waals surface area contributed by atoms with Gasteiger partial charge in [-0.15, -0.1) is 0 Å². The highest BCUT2D eigenvalue weighted by molar-refractivity contribution is 5.97. The van der Waals surface area contributed by atoms with Crippen molar-refractivity contribution in [3.63, 3.8) is 0 Å². The minimum atomic E-state index is -0.407. The summed E-state index contributed by atoms with van der Waals surface area (Å²) in [5, 5.41) is 2.78. The van der Waals surface area contributed by atoms with Crippen LogP contribution in [0, 0.1) is 5.92 Å². The molecule has 0 heterocycles. The monoisotopic (exact) mass is 261 g/mol. The van der Waals surface area contributed by atoms with Crippen LogP contribution in [0.5, 0.6) is 0 Å². The average molecular weight is 261 g/mol. The summed E-state index contributed by atoms with van der Waals surface area (Å²) in [6.07, 6.45) is 1.89. The number of rotatable bonds is 3. The van der Waals surface area contributed by atoms with Crippen LogP contribution in [0.2, 0.25) is 0 Å². The molecule has 1 aliphatic rings. The maximum atomic E-state index is 11.6. The quantitative estimate of drug-likeness (QED) is 0.704. The van der Waals surface area contributed by atoms with E-state index in [-0.39, 0.29) is 17.7 Å². The van der Waals surface area contributed by atoms with Gasteiger partial charge in [-0.2, -0.15) is 0 Å². The molecule has 2 rings (SSSR count). The summed E-state index contributed by atoms with van der Waals surface area (Å²) in [5.41, 5.74) is 5.53. The van der Waals surface area contributed by atoms with Gasteiger partial charge in [-0.1, -0.05) is 0 Å². The molecule has 1 aromatic carbocycles. The molecule has 100 valence electrons. The summed E-state index contributed by atoms with van der Waals surface area (Å²) < 4.78 is 0. The van der Waals surface area contributed by atoms with E-state index in [4.69, 9.17) is 0 Å². The Kier molecular flexibility index (Phi) is 3.79. The lowest BCUT2D eigenvalue weighted by Gasteiger charge is -2.07. The molecule has 1 aromatic rings. The molecule has 6 nitrogen and oxygen atoms in total. The maximum absolute atomic E-state index is 11.6. The first-order chi connectivity index (χ1) is 9.06. The van der Waals surface area contributed by atoms with Crippen LogP contribution < -0.4 is 16.2 Å². The molecule has 0 unspecified atom stereocenters. The molecule has 6 heteroatoms. The number of amides is 3. The Morgan fingerprint density at radius 1 is 1.05 bits per heavy atom. The van der Waals surface area contributed by atoms with Crippen LogP contribution in [0.4, 0.5) is 5.69 Å². The first-order valence-electron chi connectivity index (χ1n) is 6.04.